The highest BCUT2D eigenvalue weighted by molar-refractivity contribution is 5.71. The summed E-state index contributed by atoms with van der Waals surface area (Å²) < 4.78 is 13.3. The normalized spacial score (nSPS) is 9.60. The summed E-state index contributed by atoms with van der Waals surface area (Å²) in [7, 11) is 0. The van der Waals surface area contributed by atoms with Gasteiger partial charge in [-0.2, -0.15) is 15.0 Å². The molecule has 0 aliphatic rings. The molecule has 3 N–H and O–H groups in total. The van der Waals surface area contributed by atoms with Gasteiger partial charge < -0.3 is 30.2 Å². The first-order chi connectivity index (χ1) is 12.0. The molecule has 25 heavy (non-hydrogen) atoms. The lowest BCUT2D eigenvalue weighted by Crippen LogP contribution is -2.39. The lowest BCUT2D eigenvalue weighted by molar-refractivity contribution is -0.197. The zero-order chi connectivity index (χ0) is 18.9. The van der Waals surface area contributed by atoms with Crippen molar-refractivity contribution in [3.8, 4) is 0 Å². The molecule has 0 unspecified atom stereocenters. The van der Waals surface area contributed by atoms with Gasteiger partial charge in [0.25, 0.3) is 0 Å². The molecule has 0 aliphatic heterocycles. The van der Waals surface area contributed by atoms with Crippen LogP contribution in [-0.2, 0) is 28.6 Å². The van der Waals surface area contributed by atoms with Gasteiger partial charge in [0.2, 0.25) is 18.2 Å². The van der Waals surface area contributed by atoms with Crippen molar-refractivity contribution in [2.24, 2.45) is 15.0 Å². The van der Waals surface area contributed by atoms with E-state index < -0.39 is 44.8 Å². The number of isocyanates is 3. The topological polar surface area (TPSA) is 203 Å². The minimum Gasteiger partial charge on any atom is -0.373 e. The van der Waals surface area contributed by atoms with E-state index in [1.165, 1.54) is 0 Å². The summed E-state index contributed by atoms with van der Waals surface area (Å²) in [5.74, 6) is 0. The van der Waals surface area contributed by atoms with E-state index in [4.69, 9.17) is 0 Å². The standard InChI is InChI=1S/C10H10N6O9/c17-4-11-1-14-7(20)23-10(24-8(21)15-2-12-5-18)25-9(22)16-3-13-6-19/h10H,1-3H2,(H,14,20)(H,15,21)(H,16,22). The molecule has 0 fully saturated rings. The molecule has 0 aromatic heterocycles. The van der Waals surface area contributed by atoms with Crippen LogP contribution in [0.1, 0.15) is 0 Å². The summed E-state index contributed by atoms with van der Waals surface area (Å²) in [4.78, 5) is 72.4. The predicted molar refractivity (Wildman–Crippen MR) is 71.6 cm³/mol. The number of aliphatic imine (C=N–C) groups is 3. The van der Waals surface area contributed by atoms with Crippen molar-refractivity contribution in [1.82, 2.24) is 16.0 Å². The lowest BCUT2D eigenvalue weighted by atomic mass is 10.9. The van der Waals surface area contributed by atoms with Gasteiger partial charge in [-0.1, -0.05) is 0 Å². The maximum atomic E-state index is 11.3. The maximum absolute atomic E-state index is 11.3. The number of hydrogen-bond donors (Lipinski definition) is 3. The molecule has 134 valence electrons. The molecule has 0 atom stereocenters. The van der Waals surface area contributed by atoms with E-state index in [0.717, 1.165) is 18.2 Å². The third kappa shape index (κ3) is 12.2. The van der Waals surface area contributed by atoms with Crippen LogP contribution in [0.25, 0.3) is 0 Å². The van der Waals surface area contributed by atoms with Crippen LogP contribution < -0.4 is 16.0 Å². The molecule has 0 saturated heterocycles. The van der Waals surface area contributed by atoms with Crippen LogP contribution in [-0.4, -0.2) is 63.0 Å². The molecule has 0 aliphatic carbocycles. The van der Waals surface area contributed by atoms with Gasteiger partial charge in [0.15, 0.2) is 0 Å². The first kappa shape index (κ1) is 20.9. The summed E-state index contributed by atoms with van der Waals surface area (Å²) in [6.07, 6.45) is -0.444. The summed E-state index contributed by atoms with van der Waals surface area (Å²) in [5.41, 5.74) is 0. The van der Waals surface area contributed by atoms with Crippen LogP contribution in [0.15, 0.2) is 15.0 Å². The molecule has 3 amide bonds. The highest BCUT2D eigenvalue weighted by atomic mass is 16.9. The lowest BCUT2D eigenvalue weighted by Gasteiger charge is -2.17. The highest BCUT2D eigenvalue weighted by Crippen LogP contribution is 2.00. The van der Waals surface area contributed by atoms with Crippen molar-refractivity contribution in [3.63, 3.8) is 0 Å². The summed E-state index contributed by atoms with van der Waals surface area (Å²) in [5, 5.41) is 5.74. The van der Waals surface area contributed by atoms with Crippen LogP contribution in [0.4, 0.5) is 14.4 Å². The van der Waals surface area contributed by atoms with Gasteiger partial charge in [0.05, 0.1) is 0 Å². The fourth-order valence-corrected chi connectivity index (χ4v) is 0.868. The first-order valence-corrected chi connectivity index (χ1v) is 5.97. The minimum atomic E-state index is -2.18. The molecule has 0 rings (SSSR count). The molecule has 0 bridgehead atoms. The minimum absolute atomic E-state index is 0.504. The quantitative estimate of drug-likeness (QED) is 0.244. The van der Waals surface area contributed by atoms with E-state index >= 15 is 0 Å². The zero-order valence-electron chi connectivity index (χ0n) is 12.2. The first-order valence-electron chi connectivity index (χ1n) is 5.97. The van der Waals surface area contributed by atoms with Crippen molar-refractivity contribution in [2.75, 3.05) is 20.0 Å². The van der Waals surface area contributed by atoms with E-state index in [0.29, 0.717) is 0 Å². The molecule has 15 heteroatoms. The van der Waals surface area contributed by atoms with Gasteiger partial charge in [-0.25, -0.2) is 28.8 Å². The maximum Gasteiger partial charge on any atom is 0.416 e. The van der Waals surface area contributed by atoms with Gasteiger partial charge in [-0.05, 0) is 0 Å². The van der Waals surface area contributed by atoms with E-state index in [2.05, 4.69) is 29.2 Å². The Balaban J connectivity index is 4.66. The van der Waals surface area contributed by atoms with Crippen LogP contribution in [0.5, 0.6) is 0 Å². The number of carbonyl (C=O) groups excluding carboxylic acids is 6. The van der Waals surface area contributed by atoms with Crippen LogP contribution in [0.2, 0.25) is 0 Å². The smallest absolute Gasteiger partial charge is 0.373 e. The number of ether oxygens (including phenoxy) is 3. The molecule has 0 heterocycles. The molecule has 0 saturated carbocycles. The van der Waals surface area contributed by atoms with Crippen LogP contribution >= 0.6 is 0 Å². The van der Waals surface area contributed by atoms with Crippen LogP contribution in [0.3, 0.4) is 0 Å². The number of nitrogens with zero attached hydrogens (tertiary/aromatic N) is 3. The molecule has 0 radical (unpaired) electrons. The van der Waals surface area contributed by atoms with E-state index in [9.17, 15) is 28.8 Å². The Labute approximate surface area is 138 Å². The molecular weight excluding hydrogens is 348 g/mol. The molecule has 15 nitrogen and oxygen atoms in total. The van der Waals surface area contributed by atoms with Gasteiger partial charge >= 0.3 is 24.8 Å². The van der Waals surface area contributed by atoms with Gasteiger partial charge in [0, 0.05) is 0 Å². The van der Waals surface area contributed by atoms with Crippen molar-refractivity contribution in [3.05, 3.63) is 0 Å². The molecular formula is C10H10N6O9. The second-order valence-corrected chi connectivity index (χ2v) is 3.26. The average molecular weight is 358 g/mol. The Morgan fingerprint density at radius 1 is 0.680 bits per heavy atom. The summed E-state index contributed by atoms with van der Waals surface area (Å²) >= 11 is 0. The molecule has 0 spiro atoms. The second-order valence-electron chi connectivity index (χ2n) is 3.26. The Bertz CT molecular complexity index is 533. The Kier molecular flexibility index (Phi) is 11.4. The zero-order valence-corrected chi connectivity index (χ0v) is 12.2. The summed E-state index contributed by atoms with van der Waals surface area (Å²) in [6, 6.07) is 0. The average Bonchev–Trinajstić information content (AvgIpc) is 2.55. The molecule has 0 aromatic rings. The number of alkyl carbamates (subject to hydrolysis) is 3. The van der Waals surface area contributed by atoms with E-state index in [1.54, 1.807) is 0 Å². The predicted octanol–water partition coefficient (Wildman–Crippen LogP) is -1.67. The number of amides is 3. The SMILES string of the molecule is O=C=NCNC(=O)OC(OC(=O)NCN=C=O)OC(=O)NCN=C=O. The largest absolute Gasteiger partial charge is 0.416 e. The third-order valence-electron chi connectivity index (χ3n) is 1.71. The Morgan fingerprint density at radius 2 is 0.960 bits per heavy atom. The molecule has 0 aromatic carbocycles. The third-order valence-corrected chi connectivity index (χ3v) is 1.71. The van der Waals surface area contributed by atoms with E-state index in [-0.39, 0.29) is 0 Å². The fraction of sp³-hybridized carbons (Fsp3) is 0.400. The monoisotopic (exact) mass is 358 g/mol. The Morgan fingerprint density at radius 3 is 1.20 bits per heavy atom. The van der Waals surface area contributed by atoms with Gasteiger partial charge in [0.1, 0.15) is 20.0 Å². The summed E-state index contributed by atoms with van der Waals surface area (Å²) in [6.45, 7) is -3.69. The Hall–Kier alpha value is -4.05. The van der Waals surface area contributed by atoms with Crippen molar-refractivity contribution in [2.45, 2.75) is 6.48 Å². The van der Waals surface area contributed by atoms with Crippen molar-refractivity contribution >= 4 is 36.5 Å². The van der Waals surface area contributed by atoms with Gasteiger partial charge in [-0.3, -0.25) is 0 Å². The number of hydrogen-bond acceptors (Lipinski definition) is 12. The van der Waals surface area contributed by atoms with E-state index in [1.807, 2.05) is 16.0 Å². The second kappa shape index (κ2) is 13.6. The number of carbonyl (C=O) groups is 3. The fourth-order valence-electron chi connectivity index (χ4n) is 0.868. The number of rotatable bonds is 9. The van der Waals surface area contributed by atoms with Crippen molar-refractivity contribution < 1.29 is 43.0 Å². The van der Waals surface area contributed by atoms with Gasteiger partial charge in [-0.15, -0.1) is 0 Å². The van der Waals surface area contributed by atoms with Crippen LogP contribution in [0, 0.1) is 0 Å². The highest BCUT2D eigenvalue weighted by Gasteiger charge is 2.23. The number of nitrogens with one attached hydrogen (secondary N) is 3. The van der Waals surface area contributed by atoms with Crippen molar-refractivity contribution in [1.29, 1.82) is 0 Å².